The summed E-state index contributed by atoms with van der Waals surface area (Å²) in [4.78, 5) is 14.9. The number of aromatic nitrogens is 3. The molecule has 1 saturated heterocycles. The lowest BCUT2D eigenvalue weighted by Gasteiger charge is -2.26. The van der Waals surface area contributed by atoms with Gasteiger partial charge in [0.05, 0.1) is 18.4 Å². The summed E-state index contributed by atoms with van der Waals surface area (Å²) in [5.41, 5.74) is 3.49. The van der Waals surface area contributed by atoms with Crippen molar-refractivity contribution in [3.05, 3.63) is 71.3 Å². The normalized spacial score (nSPS) is 18.2. The molecule has 1 amide bonds. The summed E-state index contributed by atoms with van der Waals surface area (Å²) in [7, 11) is 0. The van der Waals surface area contributed by atoms with E-state index in [4.69, 9.17) is 16.3 Å². The van der Waals surface area contributed by atoms with Gasteiger partial charge in [0.25, 0.3) is 0 Å². The monoisotopic (exact) mass is 494 g/mol. The fourth-order valence-corrected chi connectivity index (χ4v) is 5.37. The number of thioether (sulfide) groups is 1. The van der Waals surface area contributed by atoms with E-state index in [2.05, 4.69) is 45.1 Å². The fraction of sp³-hybridized carbons (Fsp3) is 0.346. The summed E-state index contributed by atoms with van der Waals surface area (Å²) in [5, 5.41) is 10.3. The average Bonchev–Trinajstić information content (AvgIpc) is 3.54. The van der Waals surface area contributed by atoms with Crippen molar-refractivity contribution in [2.24, 2.45) is 0 Å². The van der Waals surface area contributed by atoms with Crippen molar-refractivity contribution in [1.82, 2.24) is 19.7 Å². The van der Waals surface area contributed by atoms with Crippen LogP contribution >= 0.6 is 23.4 Å². The smallest absolute Gasteiger partial charge is 0.233 e. The van der Waals surface area contributed by atoms with Gasteiger partial charge in [-0.15, -0.1) is 10.2 Å². The van der Waals surface area contributed by atoms with Gasteiger partial charge in [-0.25, -0.2) is 0 Å². The summed E-state index contributed by atoms with van der Waals surface area (Å²) in [5.74, 6) is 1.22. The lowest BCUT2D eigenvalue weighted by molar-refractivity contribution is -0.127. The first-order valence-electron chi connectivity index (χ1n) is 11.6. The van der Waals surface area contributed by atoms with Crippen molar-refractivity contribution in [3.8, 4) is 11.4 Å². The molecule has 0 aliphatic carbocycles. The second kappa shape index (κ2) is 10.8. The minimum Gasteiger partial charge on any atom is -0.376 e. The van der Waals surface area contributed by atoms with E-state index < -0.39 is 0 Å². The van der Waals surface area contributed by atoms with Crippen LogP contribution in [0.5, 0.6) is 0 Å². The quantitative estimate of drug-likeness (QED) is 0.423. The van der Waals surface area contributed by atoms with Crippen molar-refractivity contribution in [2.75, 3.05) is 25.4 Å². The highest BCUT2D eigenvalue weighted by molar-refractivity contribution is 7.99. The van der Waals surface area contributed by atoms with Gasteiger partial charge in [0.15, 0.2) is 11.0 Å². The van der Waals surface area contributed by atoms with Crippen LogP contribution in [0, 0.1) is 0 Å². The van der Waals surface area contributed by atoms with Crippen LogP contribution in [0.2, 0.25) is 5.02 Å². The molecule has 5 rings (SSSR count). The number of nitrogens with zero attached hydrogens (tertiary/aromatic N) is 4. The summed E-state index contributed by atoms with van der Waals surface area (Å²) in [6.07, 6.45) is 5.26. The van der Waals surface area contributed by atoms with Gasteiger partial charge in [-0.2, -0.15) is 0 Å². The molecular weight excluding hydrogens is 468 g/mol. The lowest BCUT2D eigenvalue weighted by Crippen LogP contribution is -2.36. The summed E-state index contributed by atoms with van der Waals surface area (Å²) < 4.78 is 7.95. The first kappa shape index (κ1) is 23.1. The number of halogens is 1. The molecule has 3 heterocycles. The molecule has 0 bridgehead atoms. The molecule has 2 aromatic carbocycles. The highest BCUT2D eigenvalue weighted by Crippen LogP contribution is 2.28. The summed E-state index contributed by atoms with van der Waals surface area (Å²) in [6.45, 7) is 2.84. The maximum Gasteiger partial charge on any atom is 0.233 e. The zero-order valence-corrected chi connectivity index (χ0v) is 20.5. The number of ether oxygens (including phenoxy) is 1. The number of benzene rings is 2. The largest absolute Gasteiger partial charge is 0.376 e. The van der Waals surface area contributed by atoms with Gasteiger partial charge in [-0.3, -0.25) is 9.36 Å². The van der Waals surface area contributed by atoms with Gasteiger partial charge in [-0.1, -0.05) is 59.8 Å². The predicted molar refractivity (Wildman–Crippen MR) is 136 cm³/mol. The van der Waals surface area contributed by atoms with Crippen LogP contribution in [-0.4, -0.2) is 57.1 Å². The van der Waals surface area contributed by atoms with Crippen LogP contribution in [0.1, 0.15) is 24.8 Å². The van der Waals surface area contributed by atoms with E-state index in [-0.39, 0.29) is 12.0 Å². The first-order chi connectivity index (χ1) is 16.7. The molecule has 1 aromatic heterocycles. The molecule has 0 N–H and O–H groups in total. The Morgan fingerprint density at radius 1 is 1.09 bits per heavy atom. The SMILES string of the molecule is O=C(CSc1nnc(-c2ccc(Cl)cc2)n1C[C@@H]1CCCO1)N1CC=C(c2ccccc2)CC1. The van der Waals surface area contributed by atoms with E-state index in [1.165, 1.54) is 22.9 Å². The number of carbonyl (C=O) groups excluding carboxylic acids is 1. The molecule has 34 heavy (non-hydrogen) atoms. The Kier molecular flexibility index (Phi) is 7.33. The molecule has 176 valence electrons. The van der Waals surface area contributed by atoms with E-state index in [0.717, 1.165) is 49.0 Å². The van der Waals surface area contributed by atoms with Crippen LogP contribution in [0.15, 0.2) is 65.8 Å². The Labute approximate surface area is 209 Å². The Morgan fingerprint density at radius 3 is 2.62 bits per heavy atom. The third-order valence-corrected chi connectivity index (χ3v) is 7.46. The molecule has 1 atom stereocenters. The number of rotatable bonds is 7. The topological polar surface area (TPSA) is 60.3 Å². The van der Waals surface area contributed by atoms with Gasteiger partial charge < -0.3 is 9.64 Å². The number of hydrogen-bond acceptors (Lipinski definition) is 5. The molecule has 0 unspecified atom stereocenters. The Hall–Kier alpha value is -2.61. The third-order valence-electron chi connectivity index (χ3n) is 6.26. The molecule has 2 aliphatic rings. The lowest BCUT2D eigenvalue weighted by atomic mass is 10.00. The zero-order valence-electron chi connectivity index (χ0n) is 18.9. The van der Waals surface area contributed by atoms with Crippen molar-refractivity contribution in [2.45, 2.75) is 37.1 Å². The maximum absolute atomic E-state index is 13.0. The molecule has 6 nitrogen and oxygen atoms in total. The second-order valence-corrected chi connectivity index (χ2v) is 9.91. The van der Waals surface area contributed by atoms with Crippen LogP contribution in [0.4, 0.5) is 0 Å². The Bertz CT molecular complexity index is 1160. The Balaban J connectivity index is 1.27. The molecule has 0 saturated carbocycles. The molecule has 0 radical (unpaired) electrons. The molecule has 8 heteroatoms. The number of amides is 1. The van der Waals surface area contributed by atoms with Gasteiger partial charge in [-0.05, 0) is 54.7 Å². The second-order valence-electron chi connectivity index (χ2n) is 8.53. The molecule has 1 fully saturated rings. The van der Waals surface area contributed by atoms with Crippen LogP contribution in [0.25, 0.3) is 17.0 Å². The van der Waals surface area contributed by atoms with Gasteiger partial charge >= 0.3 is 0 Å². The van der Waals surface area contributed by atoms with Gasteiger partial charge in [0.1, 0.15) is 0 Å². The summed E-state index contributed by atoms with van der Waals surface area (Å²) >= 11 is 7.51. The zero-order chi connectivity index (χ0) is 23.3. The maximum atomic E-state index is 13.0. The predicted octanol–water partition coefficient (Wildman–Crippen LogP) is 5.19. The van der Waals surface area contributed by atoms with Crippen molar-refractivity contribution in [1.29, 1.82) is 0 Å². The van der Waals surface area contributed by atoms with Crippen molar-refractivity contribution in [3.63, 3.8) is 0 Å². The highest BCUT2D eigenvalue weighted by Gasteiger charge is 2.24. The van der Waals surface area contributed by atoms with E-state index in [9.17, 15) is 4.79 Å². The molecule has 2 aliphatic heterocycles. The van der Waals surface area contributed by atoms with Crippen LogP contribution in [-0.2, 0) is 16.1 Å². The highest BCUT2D eigenvalue weighted by atomic mass is 35.5. The van der Waals surface area contributed by atoms with Crippen LogP contribution in [0.3, 0.4) is 0 Å². The first-order valence-corrected chi connectivity index (χ1v) is 13.0. The van der Waals surface area contributed by atoms with Gasteiger partial charge in [0.2, 0.25) is 5.91 Å². The number of hydrogen-bond donors (Lipinski definition) is 0. The van der Waals surface area contributed by atoms with E-state index >= 15 is 0 Å². The number of carbonyl (C=O) groups is 1. The molecule has 0 spiro atoms. The minimum absolute atomic E-state index is 0.119. The Morgan fingerprint density at radius 2 is 1.91 bits per heavy atom. The van der Waals surface area contributed by atoms with Gasteiger partial charge in [0, 0.05) is 30.3 Å². The molecule has 3 aromatic rings. The average molecular weight is 495 g/mol. The molecular formula is C26H27ClN4O2S. The van der Waals surface area contributed by atoms with Crippen molar-refractivity contribution >= 4 is 34.8 Å². The van der Waals surface area contributed by atoms with Crippen LogP contribution < -0.4 is 0 Å². The van der Waals surface area contributed by atoms with E-state index in [1.54, 1.807) is 0 Å². The standard InChI is InChI=1S/C26H27ClN4O2S/c27-22-10-8-21(9-11-22)25-28-29-26(31(25)17-23-7-4-16-33-23)34-18-24(32)30-14-12-20(13-15-30)19-5-2-1-3-6-19/h1-3,5-6,8-12,23H,4,7,13-18H2/t23-/m0/s1. The fourth-order valence-electron chi connectivity index (χ4n) is 4.39. The van der Waals surface area contributed by atoms with Crippen molar-refractivity contribution < 1.29 is 9.53 Å². The van der Waals surface area contributed by atoms with E-state index in [0.29, 0.717) is 23.9 Å². The third kappa shape index (κ3) is 5.37. The summed E-state index contributed by atoms with van der Waals surface area (Å²) in [6, 6.07) is 18.0. The minimum atomic E-state index is 0.119. The van der Waals surface area contributed by atoms with E-state index in [1.807, 2.05) is 35.2 Å².